The van der Waals surface area contributed by atoms with Gasteiger partial charge in [-0.15, -0.1) is 0 Å². The van der Waals surface area contributed by atoms with E-state index in [2.05, 4.69) is 31.3 Å². The maximum Gasteiger partial charge on any atom is 0.240 e. The fourth-order valence-electron chi connectivity index (χ4n) is 1.07. The van der Waals surface area contributed by atoms with E-state index in [0.29, 0.717) is 0 Å². The number of nitrogens with two attached hydrogens (primary N) is 1. The fourth-order valence-corrected chi connectivity index (χ4v) is 1.34. The van der Waals surface area contributed by atoms with E-state index >= 15 is 0 Å². The third-order valence-electron chi connectivity index (χ3n) is 1.86. The Labute approximate surface area is 101 Å². The second kappa shape index (κ2) is 5.99. The van der Waals surface area contributed by atoms with Gasteiger partial charge in [-0.2, -0.15) is 0 Å². The van der Waals surface area contributed by atoms with Crippen LogP contribution < -0.4 is 11.1 Å². The summed E-state index contributed by atoms with van der Waals surface area (Å²) in [6.07, 6.45) is 0. The molecule has 0 saturated carbocycles. The van der Waals surface area contributed by atoms with Crippen LogP contribution in [0.4, 0.5) is 5.69 Å². The summed E-state index contributed by atoms with van der Waals surface area (Å²) in [6.45, 7) is -0.0120. The molecule has 16 heavy (non-hydrogen) atoms. The first-order valence-electron chi connectivity index (χ1n) is 4.45. The normalized spacial score (nSPS) is 11.3. The van der Waals surface area contributed by atoms with Crippen molar-refractivity contribution in [3.8, 4) is 0 Å². The quantitative estimate of drug-likeness (QED) is 0.490. The van der Waals surface area contributed by atoms with Crippen molar-refractivity contribution < 1.29 is 4.79 Å². The molecule has 0 saturated heterocycles. The number of nitrogens with one attached hydrogen (secondary N) is 1. The SMILES string of the molecule is [N-]=[N+]=NCC(Nc1ccc(Br)cc1)C(N)=O. The van der Waals surface area contributed by atoms with Gasteiger partial charge in [-0.25, -0.2) is 0 Å². The number of rotatable bonds is 5. The predicted octanol–water partition coefficient (Wildman–Crippen LogP) is 2.03. The lowest BCUT2D eigenvalue weighted by Crippen LogP contribution is -2.37. The highest BCUT2D eigenvalue weighted by Gasteiger charge is 2.13. The lowest BCUT2D eigenvalue weighted by molar-refractivity contribution is -0.118. The van der Waals surface area contributed by atoms with Crippen LogP contribution in [-0.4, -0.2) is 18.5 Å². The van der Waals surface area contributed by atoms with E-state index in [9.17, 15) is 4.79 Å². The third kappa shape index (κ3) is 3.80. The van der Waals surface area contributed by atoms with Crippen LogP contribution in [0.25, 0.3) is 10.4 Å². The van der Waals surface area contributed by atoms with E-state index in [1.807, 2.05) is 12.1 Å². The molecule has 84 valence electrons. The minimum Gasteiger partial charge on any atom is -0.374 e. The largest absolute Gasteiger partial charge is 0.374 e. The monoisotopic (exact) mass is 283 g/mol. The summed E-state index contributed by atoms with van der Waals surface area (Å²) in [4.78, 5) is 13.6. The van der Waals surface area contributed by atoms with Gasteiger partial charge in [0.2, 0.25) is 5.91 Å². The van der Waals surface area contributed by atoms with Crippen LogP contribution >= 0.6 is 15.9 Å². The average Bonchev–Trinajstić information content (AvgIpc) is 2.26. The molecule has 0 radical (unpaired) electrons. The van der Waals surface area contributed by atoms with Gasteiger partial charge in [0.05, 0.1) is 6.54 Å². The first kappa shape index (κ1) is 12.4. The number of azide groups is 1. The minimum atomic E-state index is -0.697. The zero-order chi connectivity index (χ0) is 12.0. The lowest BCUT2D eigenvalue weighted by atomic mass is 10.2. The van der Waals surface area contributed by atoms with E-state index in [-0.39, 0.29) is 6.54 Å². The molecule has 6 nitrogen and oxygen atoms in total. The molecule has 0 aliphatic carbocycles. The zero-order valence-electron chi connectivity index (χ0n) is 8.30. The zero-order valence-corrected chi connectivity index (χ0v) is 9.89. The average molecular weight is 284 g/mol. The number of primary amides is 1. The Morgan fingerprint density at radius 2 is 2.19 bits per heavy atom. The van der Waals surface area contributed by atoms with E-state index in [0.717, 1.165) is 10.2 Å². The molecule has 7 heteroatoms. The molecule has 1 atom stereocenters. The number of amides is 1. The molecule has 1 unspecified atom stereocenters. The molecule has 1 aromatic rings. The smallest absolute Gasteiger partial charge is 0.240 e. The van der Waals surface area contributed by atoms with Crippen LogP contribution in [0, 0.1) is 0 Å². The van der Waals surface area contributed by atoms with Crippen molar-refractivity contribution >= 4 is 27.5 Å². The fraction of sp³-hybridized carbons (Fsp3) is 0.222. The standard InChI is InChI=1S/C9H10BrN5O/c10-6-1-3-7(4-2-6)14-8(9(11)16)5-13-15-12/h1-4,8,14H,5H2,(H2,11,16). The van der Waals surface area contributed by atoms with Gasteiger partial charge in [-0.1, -0.05) is 21.0 Å². The molecule has 0 aliphatic heterocycles. The van der Waals surface area contributed by atoms with Crippen molar-refractivity contribution in [3.05, 3.63) is 39.2 Å². The number of halogens is 1. The van der Waals surface area contributed by atoms with Crippen molar-refractivity contribution in [2.24, 2.45) is 10.8 Å². The Kier molecular flexibility index (Phi) is 4.63. The number of nitrogens with zero attached hydrogens (tertiary/aromatic N) is 3. The topological polar surface area (TPSA) is 104 Å². The second-order valence-electron chi connectivity index (χ2n) is 3.02. The highest BCUT2D eigenvalue weighted by Crippen LogP contribution is 2.14. The second-order valence-corrected chi connectivity index (χ2v) is 3.94. The first-order valence-corrected chi connectivity index (χ1v) is 5.25. The van der Waals surface area contributed by atoms with Crippen molar-refractivity contribution in [2.45, 2.75) is 6.04 Å². The van der Waals surface area contributed by atoms with Gasteiger partial charge < -0.3 is 11.1 Å². The number of anilines is 1. The van der Waals surface area contributed by atoms with Crippen LogP contribution in [0.15, 0.2) is 33.9 Å². The highest BCUT2D eigenvalue weighted by atomic mass is 79.9. The summed E-state index contributed by atoms with van der Waals surface area (Å²) in [7, 11) is 0. The molecule has 0 fully saturated rings. The molecule has 0 bridgehead atoms. The molecule has 3 N–H and O–H groups in total. The predicted molar refractivity (Wildman–Crippen MR) is 64.8 cm³/mol. The van der Waals surface area contributed by atoms with Gasteiger partial charge in [-0.05, 0) is 29.8 Å². The van der Waals surface area contributed by atoms with Crippen molar-refractivity contribution in [3.63, 3.8) is 0 Å². The molecule has 1 aromatic carbocycles. The molecule has 0 aliphatic rings. The van der Waals surface area contributed by atoms with E-state index in [1.54, 1.807) is 12.1 Å². The Balaban J connectivity index is 2.71. The highest BCUT2D eigenvalue weighted by molar-refractivity contribution is 9.10. The van der Waals surface area contributed by atoms with Crippen molar-refractivity contribution in [2.75, 3.05) is 11.9 Å². The minimum absolute atomic E-state index is 0.0120. The summed E-state index contributed by atoms with van der Waals surface area (Å²) in [5, 5.41) is 6.20. The van der Waals surface area contributed by atoms with Gasteiger partial charge in [0.1, 0.15) is 6.04 Å². The Morgan fingerprint density at radius 3 is 2.69 bits per heavy atom. The molecule has 1 amide bonds. The van der Waals surface area contributed by atoms with Gasteiger partial charge in [0.25, 0.3) is 0 Å². The van der Waals surface area contributed by atoms with E-state index < -0.39 is 11.9 Å². The number of benzene rings is 1. The molecular formula is C9H10BrN5O. The Hall–Kier alpha value is -1.72. The summed E-state index contributed by atoms with van der Waals surface area (Å²) in [5.74, 6) is -0.560. The summed E-state index contributed by atoms with van der Waals surface area (Å²) in [6, 6.07) is 6.53. The van der Waals surface area contributed by atoms with Crippen molar-refractivity contribution in [1.29, 1.82) is 0 Å². The molecule has 0 spiro atoms. The number of hydrogen-bond acceptors (Lipinski definition) is 3. The van der Waals surface area contributed by atoms with Crippen LogP contribution in [0.1, 0.15) is 0 Å². The van der Waals surface area contributed by atoms with Gasteiger partial charge >= 0.3 is 0 Å². The van der Waals surface area contributed by atoms with Gasteiger partial charge in [0.15, 0.2) is 0 Å². The molecule has 0 aromatic heterocycles. The van der Waals surface area contributed by atoms with E-state index in [4.69, 9.17) is 11.3 Å². The molecule has 1 rings (SSSR count). The lowest BCUT2D eigenvalue weighted by Gasteiger charge is -2.14. The number of carbonyl (C=O) groups is 1. The van der Waals surface area contributed by atoms with Gasteiger partial charge in [-0.3, -0.25) is 4.79 Å². The maximum atomic E-state index is 11.0. The summed E-state index contributed by atoms with van der Waals surface area (Å²) < 4.78 is 0.934. The summed E-state index contributed by atoms with van der Waals surface area (Å²) >= 11 is 3.30. The molecule has 0 heterocycles. The maximum absolute atomic E-state index is 11.0. The first-order chi connectivity index (χ1) is 7.63. The van der Waals surface area contributed by atoms with E-state index in [1.165, 1.54) is 0 Å². The molecular weight excluding hydrogens is 274 g/mol. The van der Waals surface area contributed by atoms with Crippen LogP contribution in [0.3, 0.4) is 0 Å². The number of hydrogen-bond donors (Lipinski definition) is 2. The van der Waals surface area contributed by atoms with Crippen molar-refractivity contribution in [1.82, 2.24) is 0 Å². The van der Waals surface area contributed by atoms with Crippen LogP contribution in [0.5, 0.6) is 0 Å². The Bertz CT molecular complexity index is 412. The van der Waals surface area contributed by atoms with Gasteiger partial charge in [0, 0.05) is 15.1 Å². The summed E-state index contributed by atoms with van der Waals surface area (Å²) in [5.41, 5.74) is 14.1. The third-order valence-corrected chi connectivity index (χ3v) is 2.38. The van der Waals surface area contributed by atoms with Crippen LogP contribution in [-0.2, 0) is 4.79 Å². The van der Waals surface area contributed by atoms with Crippen LogP contribution in [0.2, 0.25) is 0 Å². The Morgan fingerprint density at radius 1 is 1.56 bits per heavy atom. The number of carbonyl (C=O) groups excluding carboxylic acids is 1.